The average Bonchev–Trinajstić information content (AvgIpc) is 3.76. The van der Waals surface area contributed by atoms with Crippen LogP contribution in [0, 0.1) is 34.3 Å². The Labute approximate surface area is 357 Å². The maximum absolute atomic E-state index is 14.7. The molecular weight excluding hydrogens is 747 g/mol. The number of fused-ring (bicyclic) bond motifs is 2. The largest absolute Gasteiger partial charge is 0.325 e. The number of rotatable bonds is 10. The van der Waals surface area contributed by atoms with Gasteiger partial charge in [-0.3, -0.25) is 0 Å². The summed E-state index contributed by atoms with van der Waals surface area (Å²) in [6.07, 6.45) is 10.7. The fourth-order valence-corrected chi connectivity index (χ4v) is 10.9. The third kappa shape index (κ3) is 9.28. The molecule has 2 aliphatic carbocycles. The quantitative estimate of drug-likeness (QED) is 0.145. The van der Waals surface area contributed by atoms with Crippen molar-refractivity contribution in [1.82, 2.24) is 19.1 Å². The van der Waals surface area contributed by atoms with E-state index in [9.17, 15) is 8.78 Å². The van der Waals surface area contributed by atoms with Crippen LogP contribution in [0.5, 0.6) is 0 Å². The lowest BCUT2D eigenvalue weighted by atomic mass is 9.70. The highest BCUT2D eigenvalue weighted by molar-refractivity contribution is 5.82. The lowest BCUT2D eigenvalue weighted by Gasteiger charge is -2.40. The molecule has 0 radical (unpaired) electrons. The van der Waals surface area contributed by atoms with Gasteiger partial charge in [-0.15, -0.1) is 0 Å². The molecule has 0 saturated heterocycles. The third-order valence-electron chi connectivity index (χ3n) is 13.2. The van der Waals surface area contributed by atoms with Gasteiger partial charge in [-0.1, -0.05) is 106 Å². The summed E-state index contributed by atoms with van der Waals surface area (Å²) in [5.74, 6) is 2.26. The van der Waals surface area contributed by atoms with Crippen molar-refractivity contribution >= 4 is 45.3 Å². The van der Waals surface area contributed by atoms with E-state index < -0.39 is 0 Å². The van der Waals surface area contributed by atoms with Crippen LogP contribution in [0.2, 0.25) is 0 Å². The first kappa shape index (κ1) is 43.4. The van der Waals surface area contributed by atoms with Crippen molar-refractivity contribution in [3.05, 3.63) is 107 Å². The van der Waals surface area contributed by atoms with E-state index in [1.54, 1.807) is 12.1 Å². The van der Waals surface area contributed by atoms with Crippen LogP contribution in [0.4, 0.5) is 32.1 Å². The number of hydrogen-bond donors (Lipinski definition) is 2. The number of hydrogen-bond acceptors (Lipinski definition) is 4. The Morgan fingerprint density at radius 2 is 0.967 bits per heavy atom. The summed E-state index contributed by atoms with van der Waals surface area (Å²) in [5.41, 5.74) is 10.5. The Balaban J connectivity index is 0.000000181. The number of aryl methyl sites for hydroxylation is 4. The Hall–Kier alpha value is -4.72. The average molecular weight is 815 g/mol. The molecule has 60 heavy (non-hydrogen) atoms. The second kappa shape index (κ2) is 17.7. The van der Waals surface area contributed by atoms with Crippen LogP contribution in [0.1, 0.15) is 142 Å². The van der Waals surface area contributed by atoms with Crippen molar-refractivity contribution in [2.75, 3.05) is 10.6 Å². The van der Waals surface area contributed by atoms with Gasteiger partial charge in [0.05, 0.1) is 11.0 Å². The number of halogens is 2. The van der Waals surface area contributed by atoms with Gasteiger partial charge in [-0.2, -0.15) is 0 Å². The molecule has 6 nitrogen and oxygen atoms in total. The van der Waals surface area contributed by atoms with Crippen molar-refractivity contribution in [2.45, 2.75) is 146 Å². The summed E-state index contributed by atoms with van der Waals surface area (Å²) < 4.78 is 33.8. The van der Waals surface area contributed by atoms with Gasteiger partial charge in [-0.05, 0) is 146 Å². The minimum absolute atomic E-state index is 0.255. The van der Waals surface area contributed by atoms with Crippen LogP contribution in [-0.2, 0) is 25.7 Å². The third-order valence-corrected chi connectivity index (χ3v) is 13.2. The van der Waals surface area contributed by atoms with E-state index >= 15 is 0 Å². The molecule has 6 aromatic rings. The predicted octanol–water partition coefficient (Wildman–Crippen LogP) is 14.9. The first-order valence-electron chi connectivity index (χ1n) is 22.7. The second-order valence-electron chi connectivity index (χ2n) is 19.6. The van der Waals surface area contributed by atoms with Crippen molar-refractivity contribution in [3.63, 3.8) is 0 Å². The van der Waals surface area contributed by atoms with Gasteiger partial charge in [0.15, 0.2) is 11.6 Å². The lowest BCUT2D eigenvalue weighted by molar-refractivity contribution is 0.140. The van der Waals surface area contributed by atoms with Gasteiger partial charge in [-0.25, -0.2) is 18.7 Å². The molecular formula is C52H68F2N6. The molecule has 4 aromatic carbocycles. The SMILES string of the molecule is CCc1ccc(Nc2nc3c(F)cccc3n2[C@@H]2C[C@H](C)CC(C)(C)C2)c(CC)c1.CCc1ccc(Nc2nc3c(F)cccc3n2[C@H]2C[C@@H](C)CC(C)(C)C2)c(CC)c1. The van der Waals surface area contributed by atoms with Crippen molar-refractivity contribution < 1.29 is 8.78 Å². The number of benzene rings is 4. The molecule has 320 valence electrons. The first-order valence-corrected chi connectivity index (χ1v) is 22.7. The summed E-state index contributed by atoms with van der Waals surface area (Å²) in [7, 11) is 0. The summed E-state index contributed by atoms with van der Waals surface area (Å²) in [6.45, 7) is 22.8. The van der Waals surface area contributed by atoms with Gasteiger partial charge < -0.3 is 19.8 Å². The van der Waals surface area contributed by atoms with Gasteiger partial charge in [0.2, 0.25) is 11.9 Å². The minimum atomic E-state index is -0.255. The smallest absolute Gasteiger partial charge is 0.208 e. The van der Waals surface area contributed by atoms with Crippen LogP contribution >= 0.6 is 0 Å². The van der Waals surface area contributed by atoms with Gasteiger partial charge in [0, 0.05) is 23.5 Å². The molecule has 2 aromatic heterocycles. The second-order valence-corrected chi connectivity index (χ2v) is 19.6. The number of para-hydroxylation sites is 2. The Bertz CT molecular complexity index is 2270. The van der Waals surface area contributed by atoms with Crippen LogP contribution in [0.15, 0.2) is 72.8 Å². The fraction of sp³-hybridized carbons (Fsp3) is 0.500. The number of aromatic nitrogens is 4. The normalized spacial score (nSPS) is 21.1. The Morgan fingerprint density at radius 3 is 1.32 bits per heavy atom. The molecule has 2 aliphatic rings. The zero-order chi connectivity index (χ0) is 42.9. The topological polar surface area (TPSA) is 59.7 Å². The molecule has 0 bridgehead atoms. The number of anilines is 4. The summed E-state index contributed by atoms with van der Waals surface area (Å²) in [4.78, 5) is 9.50. The molecule has 8 heteroatoms. The maximum atomic E-state index is 14.7. The van der Waals surface area contributed by atoms with E-state index in [0.29, 0.717) is 35.0 Å². The highest BCUT2D eigenvalue weighted by Crippen LogP contribution is 2.48. The van der Waals surface area contributed by atoms with Crippen molar-refractivity contribution in [2.24, 2.45) is 22.7 Å². The molecule has 4 atom stereocenters. The lowest BCUT2D eigenvalue weighted by Crippen LogP contribution is -2.29. The number of nitrogens with one attached hydrogen (secondary N) is 2. The van der Waals surface area contributed by atoms with Crippen LogP contribution in [0.25, 0.3) is 22.1 Å². The van der Waals surface area contributed by atoms with Crippen LogP contribution in [-0.4, -0.2) is 19.1 Å². The Kier molecular flexibility index (Phi) is 12.8. The molecule has 0 unspecified atom stereocenters. The van der Waals surface area contributed by atoms with E-state index in [1.807, 2.05) is 12.1 Å². The molecule has 2 heterocycles. The van der Waals surface area contributed by atoms with Gasteiger partial charge >= 0.3 is 0 Å². The summed E-state index contributed by atoms with van der Waals surface area (Å²) in [6, 6.07) is 24.4. The molecule has 2 N–H and O–H groups in total. The zero-order valence-electron chi connectivity index (χ0n) is 37.9. The number of nitrogens with zero attached hydrogens (tertiary/aromatic N) is 4. The predicted molar refractivity (Wildman–Crippen MR) is 248 cm³/mol. The molecule has 0 spiro atoms. The van der Waals surface area contributed by atoms with E-state index in [4.69, 9.17) is 9.97 Å². The molecule has 8 rings (SSSR count). The first-order chi connectivity index (χ1) is 28.6. The van der Waals surface area contributed by atoms with Crippen LogP contribution in [0.3, 0.4) is 0 Å². The van der Waals surface area contributed by atoms with Crippen LogP contribution < -0.4 is 10.6 Å². The standard InChI is InChI=1S/2C26H34FN3/c2*1-6-18-11-12-22(19(7-2)14-18)28-25-29-24-21(27)9-8-10-23(24)30(25)20-13-17(3)15-26(4,5)16-20/h2*8-12,14,17,20H,6-7,13,15-16H2,1-5H3,(H,28,29)/t2*17-,20+/m10/s1. The summed E-state index contributed by atoms with van der Waals surface area (Å²) >= 11 is 0. The van der Waals surface area contributed by atoms with E-state index in [-0.39, 0.29) is 22.5 Å². The van der Waals surface area contributed by atoms with Gasteiger partial charge in [0.25, 0.3) is 0 Å². The minimum Gasteiger partial charge on any atom is -0.325 e. The fourth-order valence-electron chi connectivity index (χ4n) is 10.9. The van der Waals surface area contributed by atoms with E-state index in [2.05, 4.69) is 125 Å². The van der Waals surface area contributed by atoms with Crippen molar-refractivity contribution in [3.8, 4) is 0 Å². The van der Waals surface area contributed by atoms with Gasteiger partial charge in [0.1, 0.15) is 11.0 Å². The number of imidazole rings is 2. The Morgan fingerprint density at radius 1 is 0.567 bits per heavy atom. The van der Waals surface area contributed by atoms with E-state index in [0.717, 1.165) is 85.7 Å². The highest BCUT2D eigenvalue weighted by atomic mass is 19.1. The maximum Gasteiger partial charge on any atom is 0.208 e. The molecule has 0 aliphatic heterocycles. The zero-order valence-corrected chi connectivity index (χ0v) is 37.9. The highest BCUT2D eigenvalue weighted by Gasteiger charge is 2.36. The monoisotopic (exact) mass is 815 g/mol. The summed E-state index contributed by atoms with van der Waals surface area (Å²) in [5, 5.41) is 7.17. The van der Waals surface area contributed by atoms with Crippen molar-refractivity contribution in [1.29, 1.82) is 0 Å². The molecule has 0 amide bonds. The molecule has 2 fully saturated rings. The molecule has 2 saturated carbocycles. The van der Waals surface area contributed by atoms with E-state index in [1.165, 1.54) is 47.2 Å².